The molecule has 0 unspecified atom stereocenters. The van der Waals surface area contributed by atoms with Gasteiger partial charge in [0.1, 0.15) is 5.69 Å². The molecule has 0 bridgehead atoms. The molecule has 118 valence electrons. The molecule has 1 aliphatic rings. The summed E-state index contributed by atoms with van der Waals surface area (Å²) in [6.07, 6.45) is 7.71. The molecule has 3 aromatic heterocycles. The molecule has 0 aliphatic carbocycles. The van der Waals surface area contributed by atoms with Gasteiger partial charge in [0.05, 0.1) is 31.4 Å². The predicted molar refractivity (Wildman–Crippen MR) is 79.4 cm³/mol. The van der Waals surface area contributed by atoms with Gasteiger partial charge in [-0.15, -0.1) is 5.10 Å². The Balaban J connectivity index is 1.60. The molecule has 0 saturated heterocycles. The van der Waals surface area contributed by atoms with Crippen molar-refractivity contribution in [1.29, 1.82) is 0 Å². The topological polar surface area (TPSA) is 82.0 Å². The highest BCUT2D eigenvalue weighted by Gasteiger charge is 2.25. The highest BCUT2D eigenvalue weighted by Crippen LogP contribution is 2.18. The Bertz CT molecular complexity index is 790. The molecule has 3 aromatic rings. The van der Waals surface area contributed by atoms with Gasteiger partial charge in [-0.05, 0) is 18.6 Å². The molecule has 0 atom stereocenters. The monoisotopic (exact) mass is 312 g/mol. The molecule has 4 rings (SSSR count). The summed E-state index contributed by atoms with van der Waals surface area (Å²) in [5.41, 5.74) is 1.83. The van der Waals surface area contributed by atoms with Crippen LogP contribution < -0.4 is 0 Å². The minimum Gasteiger partial charge on any atom is -0.459 e. The van der Waals surface area contributed by atoms with Crippen LogP contribution in [-0.4, -0.2) is 41.9 Å². The van der Waals surface area contributed by atoms with E-state index in [1.54, 1.807) is 29.6 Å². The Morgan fingerprint density at radius 1 is 1.35 bits per heavy atom. The number of aromatic nitrogens is 5. The maximum atomic E-state index is 12.5. The second kappa shape index (κ2) is 5.71. The average Bonchev–Trinajstić information content (AvgIpc) is 3.29. The fourth-order valence-corrected chi connectivity index (χ4v) is 2.80. The van der Waals surface area contributed by atoms with E-state index in [0.29, 0.717) is 25.4 Å². The summed E-state index contributed by atoms with van der Waals surface area (Å²) in [6, 6.07) is 3.41. The number of rotatable bonds is 3. The van der Waals surface area contributed by atoms with Crippen molar-refractivity contribution < 1.29 is 9.21 Å². The molecule has 8 heteroatoms. The number of nitrogens with zero attached hydrogens (tertiary/aromatic N) is 6. The van der Waals surface area contributed by atoms with E-state index in [1.807, 2.05) is 15.4 Å². The number of aryl methyl sites for hydroxylation is 1. The highest BCUT2D eigenvalue weighted by molar-refractivity contribution is 5.91. The van der Waals surface area contributed by atoms with E-state index in [2.05, 4.69) is 15.3 Å². The van der Waals surface area contributed by atoms with Gasteiger partial charge in [0.15, 0.2) is 5.76 Å². The standard InChI is InChI=1S/C15H16N6O2/c22-15(14-3-1-8-23-14)20-5-2-6-21-13(10-20)12(17-18-21)9-19-7-4-16-11-19/h1,3-4,7-8,11H,2,5-6,9-10H2. The van der Waals surface area contributed by atoms with E-state index < -0.39 is 0 Å². The highest BCUT2D eigenvalue weighted by atomic mass is 16.3. The first-order valence-corrected chi connectivity index (χ1v) is 7.51. The van der Waals surface area contributed by atoms with E-state index in [9.17, 15) is 4.79 Å². The van der Waals surface area contributed by atoms with Crippen LogP contribution in [0.4, 0.5) is 0 Å². The Labute approximate surface area is 132 Å². The molecule has 0 radical (unpaired) electrons. The van der Waals surface area contributed by atoms with Gasteiger partial charge in [-0.25, -0.2) is 9.67 Å². The lowest BCUT2D eigenvalue weighted by molar-refractivity contribution is 0.0713. The first-order valence-electron chi connectivity index (χ1n) is 7.51. The summed E-state index contributed by atoms with van der Waals surface area (Å²) >= 11 is 0. The fraction of sp³-hybridized carbons (Fsp3) is 0.333. The molecule has 1 amide bonds. The maximum Gasteiger partial charge on any atom is 0.289 e. The first kappa shape index (κ1) is 13.7. The Hall–Kier alpha value is -2.90. The van der Waals surface area contributed by atoms with E-state index in [1.165, 1.54) is 6.26 Å². The third-order valence-electron chi connectivity index (χ3n) is 3.97. The van der Waals surface area contributed by atoms with Gasteiger partial charge in [-0.1, -0.05) is 5.21 Å². The number of hydrogen-bond donors (Lipinski definition) is 0. The summed E-state index contributed by atoms with van der Waals surface area (Å²) in [6.45, 7) is 2.51. The Kier molecular flexibility index (Phi) is 3.41. The smallest absolute Gasteiger partial charge is 0.289 e. The van der Waals surface area contributed by atoms with Gasteiger partial charge in [0, 0.05) is 25.5 Å². The number of amides is 1. The largest absolute Gasteiger partial charge is 0.459 e. The van der Waals surface area contributed by atoms with Gasteiger partial charge in [0.25, 0.3) is 5.91 Å². The number of carbonyl (C=O) groups excluding carboxylic acids is 1. The number of imidazole rings is 1. The molecule has 0 N–H and O–H groups in total. The zero-order chi connectivity index (χ0) is 15.6. The van der Waals surface area contributed by atoms with Crippen molar-refractivity contribution >= 4 is 5.91 Å². The van der Waals surface area contributed by atoms with Crippen molar-refractivity contribution in [2.75, 3.05) is 6.54 Å². The van der Waals surface area contributed by atoms with Gasteiger partial charge in [-0.2, -0.15) is 0 Å². The predicted octanol–water partition coefficient (Wildman–Crippen LogP) is 1.16. The second-order valence-electron chi connectivity index (χ2n) is 5.50. The van der Waals surface area contributed by atoms with Crippen LogP contribution in [0.15, 0.2) is 41.5 Å². The van der Waals surface area contributed by atoms with Crippen molar-refractivity contribution in [1.82, 2.24) is 29.4 Å². The van der Waals surface area contributed by atoms with Gasteiger partial charge in [-0.3, -0.25) is 4.79 Å². The molecule has 0 aromatic carbocycles. The number of hydrogen-bond acceptors (Lipinski definition) is 5. The lowest BCUT2D eigenvalue weighted by Crippen LogP contribution is -2.30. The van der Waals surface area contributed by atoms with Crippen LogP contribution in [0.3, 0.4) is 0 Å². The van der Waals surface area contributed by atoms with Crippen molar-refractivity contribution in [3.05, 3.63) is 54.3 Å². The van der Waals surface area contributed by atoms with Crippen LogP contribution in [0.1, 0.15) is 28.4 Å². The van der Waals surface area contributed by atoms with Crippen molar-refractivity contribution in [2.45, 2.75) is 26.1 Å². The summed E-state index contributed by atoms with van der Waals surface area (Å²) < 4.78 is 9.06. The average molecular weight is 312 g/mol. The summed E-state index contributed by atoms with van der Waals surface area (Å²) in [7, 11) is 0. The SMILES string of the molecule is O=C(c1ccco1)N1CCCn2nnc(Cn3ccnc3)c2C1. The van der Waals surface area contributed by atoms with E-state index in [-0.39, 0.29) is 5.91 Å². The van der Waals surface area contributed by atoms with E-state index >= 15 is 0 Å². The molecular weight excluding hydrogens is 296 g/mol. The summed E-state index contributed by atoms with van der Waals surface area (Å²) in [5, 5.41) is 8.50. The van der Waals surface area contributed by atoms with Crippen LogP contribution in [-0.2, 0) is 19.6 Å². The first-order chi connectivity index (χ1) is 11.3. The second-order valence-corrected chi connectivity index (χ2v) is 5.50. The quantitative estimate of drug-likeness (QED) is 0.725. The molecule has 0 fully saturated rings. The lowest BCUT2D eigenvalue weighted by atomic mass is 10.2. The molecule has 4 heterocycles. The van der Waals surface area contributed by atoms with E-state index in [4.69, 9.17) is 4.42 Å². The minimum absolute atomic E-state index is 0.0989. The number of furan rings is 1. The van der Waals surface area contributed by atoms with Crippen LogP contribution in [0.5, 0.6) is 0 Å². The zero-order valence-electron chi connectivity index (χ0n) is 12.5. The van der Waals surface area contributed by atoms with Crippen molar-refractivity contribution in [2.24, 2.45) is 0 Å². The lowest BCUT2D eigenvalue weighted by Gasteiger charge is -2.19. The van der Waals surface area contributed by atoms with E-state index in [0.717, 1.165) is 24.4 Å². The Morgan fingerprint density at radius 3 is 3.09 bits per heavy atom. The molecule has 23 heavy (non-hydrogen) atoms. The van der Waals surface area contributed by atoms with Gasteiger partial charge in [0.2, 0.25) is 0 Å². The van der Waals surface area contributed by atoms with Gasteiger partial charge < -0.3 is 13.9 Å². The molecule has 1 aliphatic heterocycles. The Morgan fingerprint density at radius 2 is 2.30 bits per heavy atom. The zero-order valence-corrected chi connectivity index (χ0v) is 12.5. The fourth-order valence-electron chi connectivity index (χ4n) is 2.80. The minimum atomic E-state index is -0.0989. The van der Waals surface area contributed by atoms with Crippen LogP contribution in [0.2, 0.25) is 0 Å². The molecular formula is C15H16N6O2. The van der Waals surface area contributed by atoms with Crippen LogP contribution in [0, 0.1) is 0 Å². The van der Waals surface area contributed by atoms with Gasteiger partial charge >= 0.3 is 0 Å². The van der Waals surface area contributed by atoms with Crippen molar-refractivity contribution in [3.63, 3.8) is 0 Å². The normalized spacial score (nSPS) is 14.5. The molecule has 8 nitrogen and oxygen atoms in total. The summed E-state index contributed by atoms with van der Waals surface area (Å²) in [5.74, 6) is 0.264. The number of carbonyl (C=O) groups is 1. The van der Waals surface area contributed by atoms with Crippen molar-refractivity contribution in [3.8, 4) is 0 Å². The van der Waals surface area contributed by atoms with Crippen LogP contribution >= 0.6 is 0 Å². The summed E-state index contributed by atoms with van der Waals surface area (Å²) in [4.78, 5) is 18.4. The van der Waals surface area contributed by atoms with Crippen LogP contribution in [0.25, 0.3) is 0 Å². The third-order valence-corrected chi connectivity index (χ3v) is 3.97. The molecule has 0 saturated carbocycles. The number of fused-ring (bicyclic) bond motifs is 1. The maximum absolute atomic E-state index is 12.5. The third kappa shape index (κ3) is 2.63. The molecule has 0 spiro atoms.